The van der Waals surface area contributed by atoms with Crippen molar-refractivity contribution in [2.45, 2.75) is 6.18 Å². The van der Waals surface area contributed by atoms with Gasteiger partial charge in [-0.05, 0) is 22.6 Å². The summed E-state index contributed by atoms with van der Waals surface area (Å²) in [6, 6.07) is 1.81. The minimum absolute atomic E-state index is 0.190. The van der Waals surface area contributed by atoms with Gasteiger partial charge in [0, 0.05) is 12.7 Å². The maximum absolute atomic E-state index is 12.8. The molecule has 0 spiro atoms. The number of hydrogen-bond acceptors (Lipinski definition) is 4. The average molecular weight is 294 g/mol. The highest BCUT2D eigenvalue weighted by molar-refractivity contribution is 6.33. The van der Waals surface area contributed by atoms with Gasteiger partial charge in [-0.3, -0.25) is 0 Å². The number of rotatable bonds is 1. The Kier molecular flexibility index (Phi) is 3.01. The number of nitrogens with zero attached hydrogens (tertiary/aromatic N) is 4. The van der Waals surface area contributed by atoms with Gasteiger partial charge in [0.25, 0.3) is 0 Å². The summed E-state index contributed by atoms with van der Waals surface area (Å²) >= 11 is 5.67. The molecule has 0 bridgehead atoms. The summed E-state index contributed by atoms with van der Waals surface area (Å²) < 4.78 is 39.8. The zero-order chi connectivity index (χ0) is 14.4. The van der Waals surface area contributed by atoms with Crippen LogP contribution in [-0.2, 0) is 13.2 Å². The number of nitrogen functional groups attached to an aromatic ring is 1. The minimum Gasteiger partial charge on any atom is -0.399 e. The molecule has 0 aliphatic heterocycles. The van der Waals surface area contributed by atoms with Crippen molar-refractivity contribution in [2.75, 3.05) is 5.73 Å². The Morgan fingerprint density at radius 2 is 1.95 bits per heavy atom. The molecule has 19 heavy (non-hydrogen) atoms. The summed E-state index contributed by atoms with van der Waals surface area (Å²) in [5, 5.41) is 6.15. The van der Waals surface area contributed by atoms with Gasteiger partial charge in [-0.25, -0.2) is 4.79 Å². The molecule has 1 heterocycles. The molecule has 0 aliphatic carbocycles. The second-order valence-corrected chi connectivity index (χ2v) is 4.07. The first-order valence-electron chi connectivity index (χ1n) is 4.87. The van der Waals surface area contributed by atoms with Crippen LogP contribution < -0.4 is 11.4 Å². The summed E-state index contributed by atoms with van der Waals surface area (Å²) in [7, 11) is 1.30. The molecule has 2 rings (SSSR count). The van der Waals surface area contributed by atoms with Crippen molar-refractivity contribution in [3.8, 4) is 5.69 Å². The highest BCUT2D eigenvalue weighted by Crippen LogP contribution is 2.38. The standard InChI is InChI=1S/C9H7ClF3N5O/c1-17-8(19)18(16-15-17)6-3-4(14)2-5(7(6)10)9(11,12)13/h2-3H,14H2,1H3. The first kappa shape index (κ1) is 13.4. The van der Waals surface area contributed by atoms with Crippen LogP contribution in [0.15, 0.2) is 16.9 Å². The normalized spacial score (nSPS) is 11.8. The molecule has 0 atom stereocenters. The molecule has 2 aromatic rings. The Morgan fingerprint density at radius 1 is 1.32 bits per heavy atom. The van der Waals surface area contributed by atoms with Crippen LogP contribution in [0.3, 0.4) is 0 Å². The highest BCUT2D eigenvalue weighted by atomic mass is 35.5. The first-order valence-corrected chi connectivity index (χ1v) is 5.25. The number of anilines is 1. The number of tetrazole rings is 1. The van der Waals surface area contributed by atoms with Crippen molar-refractivity contribution in [3.05, 3.63) is 33.2 Å². The number of halogens is 4. The molecule has 0 saturated heterocycles. The molecule has 1 aromatic heterocycles. The van der Waals surface area contributed by atoms with Crippen LogP contribution >= 0.6 is 11.6 Å². The number of alkyl halides is 3. The predicted octanol–water partition coefficient (Wildman–Crippen LogP) is 1.22. The molecule has 6 nitrogen and oxygen atoms in total. The van der Waals surface area contributed by atoms with Crippen LogP contribution in [-0.4, -0.2) is 19.8 Å². The molecule has 0 amide bonds. The van der Waals surface area contributed by atoms with Crippen LogP contribution in [0.4, 0.5) is 18.9 Å². The lowest BCUT2D eigenvalue weighted by molar-refractivity contribution is -0.137. The molecular weight excluding hydrogens is 287 g/mol. The Labute approximate surface area is 109 Å². The molecule has 10 heteroatoms. The van der Waals surface area contributed by atoms with E-state index in [4.69, 9.17) is 17.3 Å². The fraction of sp³-hybridized carbons (Fsp3) is 0.222. The van der Waals surface area contributed by atoms with E-state index >= 15 is 0 Å². The van der Waals surface area contributed by atoms with Crippen molar-refractivity contribution in [2.24, 2.45) is 7.05 Å². The first-order chi connectivity index (χ1) is 8.71. The van der Waals surface area contributed by atoms with Crippen molar-refractivity contribution >= 4 is 17.3 Å². The van der Waals surface area contributed by atoms with Gasteiger partial charge in [-0.15, -0.1) is 0 Å². The van der Waals surface area contributed by atoms with E-state index in [-0.39, 0.29) is 11.4 Å². The van der Waals surface area contributed by atoms with Crippen LogP contribution in [0.2, 0.25) is 5.02 Å². The maximum atomic E-state index is 12.8. The van der Waals surface area contributed by atoms with E-state index in [1.165, 1.54) is 7.05 Å². The lowest BCUT2D eigenvalue weighted by Crippen LogP contribution is -2.23. The molecule has 1 aromatic carbocycles. The number of hydrogen-bond donors (Lipinski definition) is 1. The lowest BCUT2D eigenvalue weighted by atomic mass is 10.1. The molecule has 102 valence electrons. The van der Waals surface area contributed by atoms with E-state index < -0.39 is 22.5 Å². The van der Waals surface area contributed by atoms with Gasteiger partial charge in [0.1, 0.15) is 0 Å². The quantitative estimate of drug-likeness (QED) is 0.802. The fourth-order valence-corrected chi connectivity index (χ4v) is 1.75. The minimum atomic E-state index is -4.69. The van der Waals surface area contributed by atoms with Gasteiger partial charge in [-0.2, -0.15) is 22.5 Å². The third-order valence-electron chi connectivity index (χ3n) is 2.33. The Morgan fingerprint density at radius 3 is 2.42 bits per heavy atom. The van der Waals surface area contributed by atoms with E-state index in [9.17, 15) is 18.0 Å². The summed E-state index contributed by atoms with van der Waals surface area (Å²) in [4.78, 5) is 11.6. The summed E-state index contributed by atoms with van der Waals surface area (Å²) in [5.74, 6) is 0. The van der Waals surface area contributed by atoms with Gasteiger partial charge in [-0.1, -0.05) is 11.6 Å². The van der Waals surface area contributed by atoms with E-state index in [1.54, 1.807) is 0 Å². The van der Waals surface area contributed by atoms with Gasteiger partial charge < -0.3 is 5.73 Å². The topological polar surface area (TPSA) is 78.7 Å². The third-order valence-corrected chi connectivity index (χ3v) is 2.73. The predicted molar refractivity (Wildman–Crippen MR) is 61.0 cm³/mol. The van der Waals surface area contributed by atoms with E-state index in [0.29, 0.717) is 10.7 Å². The summed E-state index contributed by atoms with van der Waals surface area (Å²) in [6.07, 6.45) is -4.69. The van der Waals surface area contributed by atoms with Crippen molar-refractivity contribution in [1.82, 2.24) is 19.8 Å². The van der Waals surface area contributed by atoms with E-state index in [2.05, 4.69) is 10.4 Å². The molecule has 2 N–H and O–H groups in total. The largest absolute Gasteiger partial charge is 0.417 e. The zero-order valence-corrected chi connectivity index (χ0v) is 10.2. The van der Waals surface area contributed by atoms with Gasteiger partial charge >= 0.3 is 11.9 Å². The highest BCUT2D eigenvalue weighted by Gasteiger charge is 2.35. The second-order valence-electron chi connectivity index (χ2n) is 3.70. The van der Waals surface area contributed by atoms with Crippen molar-refractivity contribution in [3.63, 3.8) is 0 Å². The third kappa shape index (κ3) is 2.28. The van der Waals surface area contributed by atoms with Gasteiger partial charge in [0.2, 0.25) is 0 Å². The monoisotopic (exact) mass is 293 g/mol. The second kappa shape index (κ2) is 4.26. The number of aromatic nitrogens is 4. The van der Waals surface area contributed by atoms with Crippen molar-refractivity contribution < 1.29 is 13.2 Å². The van der Waals surface area contributed by atoms with Crippen LogP contribution in [0.5, 0.6) is 0 Å². The Bertz CT molecular complexity index is 690. The van der Waals surface area contributed by atoms with E-state index in [1.807, 2.05) is 0 Å². The molecule has 0 aliphatic rings. The van der Waals surface area contributed by atoms with Crippen LogP contribution in [0, 0.1) is 0 Å². The average Bonchev–Trinajstić information content (AvgIpc) is 2.61. The number of benzene rings is 1. The Balaban J connectivity index is 2.76. The molecule has 0 unspecified atom stereocenters. The smallest absolute Gasteiger partial charge is 0.399 e. The van der Waals surface area contributed by atoms with Crippen LogP contribution in [0.25, 0.3) is 5.69 Å². The number of aryl methyl sites for hydroxylation is 1. The van der Waals surface area contributed by atoms with Gasteiger partial charge in [0.05, 0.1) is 16.3 Å². The van der Waals surface area contributed by atoms with E-state index in [0.717, 1.165) is 10.7 Å². The zero-order valence-electron chi connectivity index (χ0n) is 9.44. The Hall–Kier alpha value is -2.03. The molecule has 0 saturated carbocycles. The van der Waals surface area contributed by atoms with Gasteiger partial charge in [0.15, 0.2) is 0 Å². The number of nitrogens with two attached hydrogens (primary N) is 1. The molecular formula is C9H7ClF3N5O. The summed E-state index contributed by atoms with van der Waals surface area (Å²) in [5.41, 5.74) is 3.06. The van der Waals surface area contributed by atoms with Crippen LogP contribution in [0.1, 0.15) is 5.56 Å². The van der Waals surface area contributed by atoms with Crippen molar-refractivity contribution in [1.29, 1.82) is 0 Å². The summed E-state index contributed by atoms with van der Waals surface area (Å²) in [6.45, 7) is 0. The molecule has 0 radical (unpaired) electrons. The SMILES string of the molecule is Cn1nnn(-c2cc(N)cc(C(F)(F)F)c2Cl)c1=O. The maximum Gasteiger partial charge on any atom is 0.417 e. The molecule has 0 fully saturated rings. The fourth-order valence-electron chi connectivity index (χ4n) is 1.46. The lowest BCUT2D eigenvalue weighted by Gasteiger charge is -2.12.